The Kier molecular flexibility index (Phi) is 6.26. The lowest BCUT2D eigenvalue weighted by atomic mass is 10.1. The van der Waals surface area contributed by atoms with Gasteiger partial charge in [-0.25, -0.2) is 0 Å². The fourth-order valence-electron chi connectivity index (χ4n) is 4.07. The monoisotopic (exact) mass is 446 g/mol. The molecule has 0 bridgehead atoms. The number of hydrogen-bond donors (Lipinski definition) is 0. The second kappa shape index (κ2) is 9.62. The number of aromatic nitrogens is 1. The zero-order valence-corrected chi connectivity index (χ0v) is 18.5. The van der Waals surface area contributed by atoms with Crippen LogP contribution in [0.1, 0.15) is 11.3 Å². The molecule has 7 heteroatoms. The van der Waals surface area contributed by atoms with Crippen molar-refractivity contribution in [2.24, 2.45) is 0 Å². The van der Waals surface area contributed by atoms with Crippen LogP contribution >= 0.6 is 0 Å². The number of pyridine rings is 1. The summed E-state index contributed by atoms with van der Waals surface area (Å²) in [7, 11) is 1.97. The van der Waals surface area contributed by atoms with E-state index < -0.39 is 6.29 Å². The zero-order chi connectivity index (χ0) is 22.6. The quantitative estimate of drug-likeness (QED) is 0.400. The van der Waals surface area contributed by atoms with Gasteiger partial charge >= 0.3 is 0 Å². The van der Waals surface area contributed by atoms with Crippen molar-refractivity contribution in [3.8, 4) is 11.5 Å². The topological polar surface area (TPSA) is 66.1 Å². The summed E-state index contributed by atoms with van der Waals surface area (Å²) in [4.78, 5) is 15.6. The van der Waals surface area contributed by atoms with Crippen LogP contribution in [-0.4, -0.2) is 36.0 Å². The maximum absolute atomic E-state index is 13.5. The molecule has 7 nitrogen and oxygen atoms in total. The van der Waals surface area contributed by atoms with Crippen molar-refractivity contribution in [2.75, 3.05) is 20.3 Å². The molecule has 0 aliphatic carbocycles. The third-order valence-corrected chi connectivity index (χ3v) is 5.59. The van der Waals surface area contributed by atoms with Gasteiger partial charge in [-0.05, 0) is 54.9 Å². The highest BCUT2D eigenvalue weighted by Gasteiger charge is 2.20. The smallest absolute Gasteiger partial charge is 0.255 e. The Morgan fingerprint density at radius 2 is 1.79 bits per heavy atom. The Balaban J connectivity index is 1.49. The van der Waals surface area contributed by atoms with Gasteiger partial charge in [0.2, 0.25) is 0 Å². The van der Waals surface area contributed by atoms with Gasteiger partial charge in [0, 0.05) is 18.2 Å². The molecule has 3 heterocycles. The Morgan fingerprint density at radius 3 is 2.55 bits per heavy atom. The molecule has 0 saturated carbocycles. The van der Waals surface area contributed by atoms with Crippen LogP contribution in [0.5, 0.6) is 11.5 Å². The van der Waals surface area contributed by atoms with Crippen LogP contribution in [-0.2, 0) is 29.1 Å². The first-order chi connectivity index (χ1) is 16.2. The lowest BCUT2D eigenvalue weighted by Crippen LogP contribution is -2.32. The molecular formula is C26H26N2O5. The molecule has 170 valence electrons. The number of ether oxygens (including phenoxy) is 3. The van der Waals surface area contributed by atoms with E-state index in [9.17, 15) is 4.79 Å². The average Bonchev–Trinajstić information content (AvgIpc) is 3.52. The van der Waals surface area contributed by atoms with Crippen molar-refractivity contribution >= 4 is 10.9 Å². The number of hydrogen-bond acceptors (Lipinski definition) is 6. The maximum Gasteiger partial charge on any atom is 0.255 e. The summed E-state index contributed by atoms with van der Waals surface area (Å²) in [6.45, 7) is 2.49. The molecule has 33 heavy (non-hydrogen) atoms. The highest BCUT2D eigenvalue weighted by Crippen LogP contribution is 2.26. The Hall–Kier alpha value is -3.39. The Morgan fingerprint density at radius 1 is 0.970 bits per heavy atom. The summed E-state index contributed by atoms with van der Waals surface area (Å²) < 4.78 is 24.5. The largest absolute Gasteiger partial charge is 0.468 e. The zero-order valence-electron chi connectivity index (χ0n) is 18.5. The molecule has 1 saturated heterocycles. The van der Waals surface area contributed by atoms with Crippen LogP contribution in [0.2, 0.25) is 0 Å². The maximum atomic E-state index is 13.5. The second-order valence-corrected chi connectivity index (χ2v) is 8.14. The molecule has 4 aromatic rings. The van der Waals surface area contributed by atoms with E-state index in [4.69, 9.17) is 18.6 Å². The second-order valence-electron chi connectivity index (χ2n) is 8.14. The highest BCUT2D eigenvalue weighted by atomic mass is 16.7. The normalized spacial score (nSPS) is 14.4. The summed E-state index contributed by atoms with van der Waals surface area (Å²) in [6, 6.07) is 21.1. The predicted octanol–water partition coefficient (Wildman–Crippen LogP) is 4.39. The Bertz CT molecular complexity index is 1260. The summed E-state index contributed by atoms with van der Waals surface area (Å²) in [5.74, 6) is 2.26. The minimum absolute atomic E-state index is 0.0650. The van der Waals surface area contributed by atoms with Crippen LogP contribution in [0.4, 0.5) is 0 Å². The van der Waals surface area contributed by atoms with E-state index in [1.807, 2.05) is 73.8 Å². The third-order valence-electron chi connectivity index (χ3n) is 5.59. The first kappa shape index (κ1) is 21.5. The van der Waals surface area contributed by atoms with Crippen molar-refractivity contribution < 1.29 is 18.6 Å². The van der Waals surface area contributed by atoms with E-state index >= 15 is 0 Å². The van der Waals surface area contributed by atoms with Crippen LogP contribution in [0.25, 0.3) is 10.9 Å². The van der Waals surface area contributed by atoms with Crippen LogP contribution < -0.4 is 10.3 Å². The minimum atomic E-state index is -0.444. The molecule has 0 spiro atoms. The van der Waals surface area contributed by atoms with E-state index in [1.54, 1.807) is 10.8 Å². The van der Waals surface area contributed by atoms with Crippen molar-refractivity contribution in [3.05, 3.63) is 94.7 Å². The molecule has 0 unspecified atom stereocenters. The van der Waals surface area contributed by atoms with Gasteiger partial charge in [0.25, 0.3) is 5.56 Å². The molecule has 1 aliphatic rings. The fourth-order valence-corrected chi connectivity index (χ4v) is 4.07. The minimum Gasteiger partial charge on any atom is -0.468 e. The van der Waals surface area contributed by atoms with Gasteiger partial charge in [-0.2, -0.15) is 0 Å². The van der Waals surface area contributed by atoms with Gasteiger partial charge < -0.3 is 23.2 Å². The molecule has 1 aliphatic heterocycles. The summed E-state index contributed by atoms with van der Waals surface area (Å²) in [5.41, 5.74) is 1.42. The van der Waals surface area contributed by atoms with Crippen molar-refractivity contribution in [1.82, 2.24) is 9.47 Å². The number of nitrogens with zero attached hydrogens (tertiary/aromatic N) is 2. The number of fused-ring (bicyclic) bond motifs is 1. The third kappa shape index (κ3) is 5.01. The van der Waals surface area contributed by atoms with Crippen molar-refractivity contribution in [3.63, 3.8) is 0 Å². The molecule has 5 rings (SSSR count). The van der Waals surface area contributed by atoms with Crippen LogP contribution in [0.15, 0.2) is 82.2 Å². The molecular weight excluding hydrogens is 420 g/mol. The standard InChI is InChI=1S/C26H26N2O5/c1-27(17-23-8-5-11-30-23)16-20-14-19-9-10-22(33-21-6-3-2-4-7-21)15-24(19)28(26(20)29)18-25-31-12-13-32-25/h2-11,14-15,25H,12-13,16-18H2,1H3. The number of benzene rings is 2. The molecule has 0 amide bonds. The van der Waals surface area contributed by atoms with E-state index in [0.717, 1.165) is 22.4 Å². The molecule has 0 radical (unpaired) electrons. The highest BCUT2D eigenvalue weighted by molar-refractivity contribution is 5.81. The van der Waals surface area contributed by atoms with Crippen molar-refractivity contribution in [2.45, 2.75) is 25.9 Å². The summed E-state index contributed by atoms with van der Waals surface area (Å²) in [5, 5.41) is 0.953. The molecule has 2 aromatic heterocycles. The number of rotatable bonds is 8. The van der Waals surface area contributed by atoms with E-state index in [0.29, 0.717) is 44.2 Å². The first-order valence-electron chi connectivity index (χ1n) is 11.0. The number of para-hydroxylation sites is 1. The summed E-state index contributed by atoms with van der Waals surface area (Å²) in [6.07, 6.45) is 1.21. The van der Waals surface area contributed by atoms with E-state index in [1.165, 1.54) is 0 Å². The van der Waals surface area contributed by atoms with Gasteiger partial charge in [0.05, 0.1) is 38.1 Å². The van der Waals surface area contributed by atoms with Crippen molar-refractivity contribution in [1.29, 1.82) is 0 Å². The van der Waals surface area contributed by atoms with Gasteiger partial charge in [0.15, 0.2) is 6.29 Å². The average molecular weight is 447 g/mol. The molecule has 0 atom stereocenters. The first-order valence-corrected chi connectivity index (χ1v) is 11.0. The lowest BCUT2D eigenvalue weighted by molar-refractivity contribution is -0.0523. The van der Waals surface area contributed by atoms with E-state index in [-0.39, 0.29) is 5.56 Å². The summed E-state index contributed by atoms with van der Waals surface area (Å²) >= 11 is 0. The van der Waals surface area contributed by atoms with Gasteiger partial charge in [-0.3, -0.25) is 9.69 Å². The van der Waals surface area contributed by atoms with Gasteiger partial charge in [0.1, 0.15) is 17.3 Å². The van der Waals surface area contributed by atoms with Crippen LogP contribution in [0.3, 0.4) is 0 Å². The molecule has 1 fully saturated rings. The predicted molar refractivity (Wildman–Crippen MR) is 124 cm³/mol. The SMILES string of the molecule is CN(Cc1ccco1)Cc1cc2ccc(Oc3ccccc3)cc2n(CC2OCCO2)c1=O. The fraction of sp³-hybridized carbons (Fsp3) is 0.269. The van der Waals surface area contributed by atoms with Gasteiger partial charge in [-0.15, -0.1) is 0 Å². The lowest BCUT2D eigenvalue weighted by Gasteiger charge is -2.19. The van der Waals surface area contributed by atoms with Gasteiger partial charge in [-0.1, -0.05) is 18.2 Å². The molecule has 2 aromatic carbocycles. The van der Waals surface area contributed by atoms with E-state index in [2.05, 4.69) is 4.90 Å². The van der Waals surface area contributed by atoms with Crippen LogP contribution in [0, 0.1) is 0 Å². The molecule has 0 N–H and O–H groups in total. The number of furan rings is 1. The Labute approximate surface area is 191 Å².